The standard InChI is InChI=1S/C22H25F2NO4.ClH/c23-15-3-7-19-13(9-15)1-5-21(28-19)17(26)11-25-12-18(27)22-6-2-14-10-16(24)4-8-20(14)29-22;/h3-4,7-10,17-18,21-22,25-27H,1-2,5-6,11-12H2;1H/t17-,18-,21-,22-;/m1./s1. The van der Waals surface area contributed by atoms with Gasteiger partial charge in [0.05, 0.1) is 0 Å². The zero-order chi connectivity index (χ0) is 20.4. The Morgan fingerprint density at radius 1 is 0.833 bits per heavy atom. The lowest BCUT2D eigenvalue weighted by molar-refractivity contribution is 0.00892. The monoisotopic (exact) mass is 441 g/mol. The molecule has 0 amide bonds. The quantitative estimate of drug-likeness (QED) is 0.643. The number of aryl methyl sites for hydroxylation is 2. The molecule has 0 aliphatic carbocycles. The molecule has 2 aliphatic heterocycles. The Bertz CT molecular complexity index is 800. The summed E-state index contributed by atoms with van der Waals surface area (Å²) in [6.45, 7) is 0.513. The zero-order valence-electron chi connectivity index (χ0n) is 16.4. The van der Waals surface area contributed by atoms with Crippen LogP contribution >= 0.6 is 12.4 Å². The number of aliphatic hydroxyl groups is 2. The summed E-state index contributed by atoms with van der Waals surface area (Å²) >= 11 is 0. The predicted octanol–water partition coefficient (Wildman–Crippen LogP) is 2.79. The second-order valence-corrected chi connectivity index (χ2v) is 7.69. The van der Waals surface area contributed by atoms with Crippen LogP contribution in [-0.2, 0) is 12.8 Å². The minimum Gasteiger partial charge on any atom is -0.487 e. The van der Waals surface area contributed by atoms with Crippen LogP contribution < -0.4 is 14.8 Å². The number of fused-ring (bicyclic) bond motifs is 2. The summed E-state index contributed by atoms with van der Waals surface area (Å²) in [4.78, 5) is 0. The highest BCUT2D eigenvalue weighted by Gasteiger charge is 2.29. The first-order valence-corrected chi connectivity index (χ1v) is 9.96. The van der Waals surface area contributed by atoms with Crippen molar-refractivity contribution in [1.82, 2.24) is 5.32 Å². The van der Waals surface area contributed by atoms with Gasteiger partial charge in [-0.05, 0) is 73.2 Å². The molecular formula is C22H26ClF2NO4. The van der Waals surface area contributed by atoms with Crippen LogP contribution in [0.4, 0.5) is 8.78 Å². The molecule has 0 radical (unpaired) electrons. The Balaban J connectivity index is 0.00000256. The van der Waals surface area contributed by atoms with E-state index in [0.29, 0.717) is 37.2 Å². The van der Waals surface area contributed by atoms with Crippen LogP contribution in [0.25, 0.3) is 0 Å². The van der Waals surface area contributed by atoms with Crippen LogP contribution in [0, 0.1) is 11.6 Å². The molecule has 0 saturated carbocycles. The van der Waals surface area contributed by atoms with Crippen molar-refractivity contribution >= 4 is 12.4 Å². The summed E-state index contributed by atoms with van der Waals surface area (Å²) in [5.41, 5.74) is 1.62. The molecule has 8 heteroatoms. The minimum absolute atomic E-state index is 0. The molecule has 164 valence electrons. The van der Waals surface area contributed by atoms with E-state index in [1.807, 2.05) is 0 Å². The molecule has 0 fully saturated rings. The van der Waals surface area contributed by atoms with Gasteiger partial charge < -0.3 is 25.0 Å². The smallest absolute Gasteiger partial charge is 0.126 e. The first kappa shape index (κ1) is 22.7. The second kappa shape index (κ2) is 9.92. The van der Waals surface area contributed by atoms with Gasteiger partial charge >= 0.3 is 0 Å². The normalized spacial score (nSPS) is 21.9. The molecule has 2 heterocycles. The minimum atomic E-state index is -0.753. The molecule has 30 heavy (non-hydrogen) atoms. The van der Waals surface area contributed by atoms with Gasteiger partial charge in [-0.25, -0.2) is 8.78 Å². The van der Waals surface area contributed by atoms with Gasteiger partial charge in [0.2, 0.25) is 0 Å². The van der Waals surface area contributed by atoms with E-state index in [0.717, 1.165) is 11.1 Å². The number of rotatable bonds is 6. The van der Waals surface area contributed by atoms with Crippen molar-refractivity contribution in [3.05, 3.63) is 59.2 Å². The first-order chi connectivity index (χ1) is 14.0. The largest absolute Gasteiger partial charge is 0.487 e. The average Bonchev–Trinajstić information content (AvgIpc) is 2.72. The molecule has 0 aromatic heterocycles. The van der Waals surface area contributed by atoms with Crippen LogP contribution in [0.15, 0.2) is 36.4 Å². The number of hydrogen-bond donors (Lipinski definition) is 3. The van der Waals surface area contributed by atoms with Crippen LogP contribution in [-0.4, -0.2) is 47.7 Å². The van der Waals surface area contributed by atoms with E-state index < -0.39 is 12.2 Å². The summed E-state index contributed by atoms with van der Waals surface area (Å²) in [6.07, 6.45) is 0.214. The van der Waals surface area contributed by atoms with E-state index in [4.69, 9.17) is 9.47 Å². The maximum Gasteiger partial charge on any atom is 0.126 e. The number of aliphatic hydroxyl groups excluding tert-OH is 2. The van der Waals surface area contributed by atoms with Crippen molar-refractivity contribution in [3.8, 4) is 11.5 Å². The highest BCUT2D eigenvalue weighted by atomic mass is 35.5. The lowest BCUT2D eigenvalue weighted by Crippen LogP contribution is -2.46. The van der Waals surface area contributed by atoms with Gasteiger partial charge in [-0.3, -0.25) is 0 Å². The predicted molar refractivity (Wildman–Crippen MR) is 110 cm³/mol. The summed E-state index contributed by atoms with van der Waals surface area (Å²) < 4.78 is 38.2. The van der Waals surface area contributed by atoms with Crippen molar-refractivity contribution in [2.24, 2.45) is 0 Å². The van der Waals surface area contributed by atoms with Gasteiger partial charge in [-0.1, -0.05) is 0 Å². The zero-order valence-corrected chi connectivity index (χ0v) is 17.2. The van der Waals surface area contributed by atoms with Crippen LogP contribution in [0.1, 0.15) is 24.0 Å². The fraction of sp³-hybridized carbons (Fsp3) is 0.455. The van der Waals surface area contributed by atoms with Gasteiger partial charge in [0.1, 0.15) is 47.5 Å². The molecule has 0 saturated heterocycles. The molecule has 2 aromatic carbocycles. The SMILES string of the molecule is Cl.O[C@H](CNC[C@@H](O)[C@H]1CCc2cc(F)ccc2O1)[C@H]1CCc2cc(F)ccc2O1. The van der Waals surface area contributed by atoms with Gasteiger partial charge in [0.15, 0.2) is 0 Å². The molecule has 5 nitrogen and oxygen atoms in total. The highest BCUT2D eigenvalue weighted by Crippen LogP contribution is 2.30. The van der Waals surface area contributed by atoms with Crippen LogP contribution in [0.2, 0.25) is 0 Å². The Morgan fingerprint density at radius 3 is 1.70 bits per heavy atom. The molecule has 0 spiro atoms. The molecule has 2 aromatic rings. The van der Waals surface area contributed by atoms with Crippen molar-refractivity contribution in [1.29, 1.82) is 0 Å². The Kier molecular flexibility index (Phi) is 7.52. The number of hydrogen-bond acceptors (Lipinski definition) is 5. The third-order valence-electron chi connectivity index (χ3n) is 5.56. The molecule has 4 rings (SSSR count). The number of benzene rings is 2. The average molecular weight is 442 g/mol. The van der Waals surface area contributed by atoms with Crippen molar-refractivity contribution in [2.45, 2.75) is 50.1 Å². The summed E-state index contributed by atoms with van der Waals surface area (Å²) in [5.74, 6) is 0.624. The summed E-state index contributed by atoms with van der Waals surface area (Å²) in [5, 5.41) is 23.9. The maximum absolute atomic E-state index is 13.3. The molecular weight excluding hydrogens is 416 g/mol. The fourth-order valence-corrected chi connectivity index (χ4v) is 3.94. The van der Waals surface area contributed by atoms with E-state index in [1.54, 1.807) is 12.1 Å². The van der Waals surface area contributed by atoms with Gasteiger partial charge in [-0.15, -0.1) is 12.4 Å². The van der Waals surface area contributed by atoms with Crippen LogP contribution in [0.5, 0.6) is 11.5 Å². The van der Waals surface area contributed by atoms with Crippen molar-refractivity contribution in [3.63, 3.8) is 0 Å². The third kappa shape index (κ3) is 5.21. The van der Waals surface area contributed by atoms with E-state index in [9.17, 15) is 19.0 Å². The van der Waals surface area contributed by atoms with Gasteiger partial charge in [0, 0.05) is 13.1 Å². The Labute approximate surface area is 180 Å². The molecule has 4 atom stereocenters. The van der Waals surface area contributed by atoms with Crippen LogP contribution in [0.3, 0.4) is 0 Å². The lowest BCUT2D eigenvalue weighted by Gasteiger charge is -2.31. The van der Waals surface area contributed by atoms with Crippen molar-refractivity contribution in [2.75, 3.05) is 13.1 Å². The van der Waals surface area contributed by atoms with E-state index in [2.05, 4.69) is 5.32 Å². The highest BCUT2D eigenvalue weighted by molar-refractivity contribution is 5.85. The topological polar surface area (TPSA) is 71.0 Å². The van der Waals surface area contributed by atoms with Crippen molar-refractivity contribution < 1.29 is 28.5 Å². The third-order valence-corrected chi connectivity index (χ3v) is 5.56. The Morgan fingerprint density at radius 2 is 1.27 bits per heavy atom. The van der Waals surface area contributed by atoms with E-state index in [-0.39, 0.29) is 49.3 Å². The first-order valence-electron chi connectivity index (χ1n) is 9.96. The maximum atomic E-state index is 13.3. The van der Waals surface area contributed by atoms with E-state index >= 15 is 0 Å². The van der Waals surface area contributed by atoms with E-state index in [1.165, 1.54) is 24.3 Å². The molecule has 0 unspecified atom stereocenters. The number of ether oxygens (including phenoxy) is 2. The Hall–Kier alpha value is -1.93. The summed E-state index contributed by atoms with van der Waals surface area (Å²) in [7, 11) is 0. The molecule has 0 bridgehead atoms. The second-order valence-electron chi connectivity index (χ2n) is 7.69. The number of nitrogens with one attached hydrogen (secondary N) is 1. The summed E-state index contributed by atoms with van der Waals surface area (Å²) in [6, 6.07) is 8.79. The fourth-order valence-electron chi connectivity index (χ4n) is 3.94. The molecule has 2 aliphatic rings. The van der Waals surface area contributed by atoms with Gasteiger partial charge in [0.25, 0.3) is 0 Å². The number of halogens is 3. The molecule has 3 N–H and O–H groups in total. The van der Waals surface area contributed by atoms with Gasteiger partial charge in [-0.2, -0.15) is 0 Å². The lowest BCUT2D eigenvalue weighted by atomic mass is 9.98.